The summed E-state index contributed by atoms with van der Waals surface area (Å²) >= 11 is 0. The molecule has 0 saturated heterocycles. The van der Waals surface area contributed by atoms with Crippen LogP contribution in [0.3, 0.4) is 0 Å². The molecule has 3 aromatic rings. The van der Waals surface area contributed by atoms with Crippen LogP contribution in [0.4, 0.5) is 0 Å². The molecule has 19 heavy (non-hydrogen) atoms. The number of pyridine rings is 1. The van der Waals surface area contributed by atoms with Gasteiger partial charge in [0.05, 0.1) is 5.52 Å². The van der Waals surface area contributed by atoms with Crippen molar-refractivity contribution in [3.05, 3.63) is 66.1 Å². The van der Waals surface area contributed by atoms with Gasteiger partial charge in [0, 0.05) is 6.20 Å². The zero-order valence-electron chi connectivity index (χ0n) is 10.1. The summed E-state index contributed by atoms with van der Waals surface area (Å²) in [5, 5.41) is 0. The Hall–Kier alpha value is -2.75. The molecular formula is C15H11N3O. The van der Waals surface area contributed by atoms with Crippen molar-refractivity contribution in [2.45, 2.75) is 0 Å². The third-order valence-corrected chi connectivity index (χ3v) is 2.72. The van der Waals surface area contributed by atoms with E-state index in [1.807, 2.05) is 36.4 Å². The number of benzene rings is 1. The number of imidazole rings is 1. The molecule has 0 aliphatic heterocycles. The summed E-state index contributed by atoms with van der Waals surface area (Å²) in [6.45, 7) is 0. The number of carbonyl (C=O) groups is 1. The van der Waals surface area contributed by atoms with E-state index in [-0.39, 0.29) is 5.78 Å². The lowest BCUT2D eigenvalue weighted by atomic mass is 10.2. The molecule has 1 aromatic carbocycles. The molecule has 4 nitrogen and oxygen atoms in total. The maximum atomic E-state index is 12.0. The summed E-state index contributed by atoms with van der Waals surface area (Å²) in [7, 11) is 0. The fraction of sp³-hybridized carbons (Fsp3) is 0. The van der Waals surface area contributed by atoms with E-state index in [0.717, 1.165) is 11.1 Å². The zero-order chi connectivity index (χ0) is 13.1. The van der Waals surface area contributed by atoms with Gasteiger partial charge >= 0.3 is 0 Å². The topological polar surface area (TPSA) is 58.6 Å². The molecule has 0 unspecified atom stereocenters. The number of rotatable bonds is 3. The lowest BCUT2D eigenvalue weighted by molar-refractivity contribution is 0.103. The van der Waals surface area contributed by atoms with Crippen LogP contribution in [0.25, 0.3) is 17.2 Å². The Balaban J connectivity index is 1.86. The van der Waals surface area contributed by atoms with E-state index in [1.54, 1.807) is 18.3 Å². The first kappa shape index (κ1) is 11.3. The molecule has 2 heterocycles. The van der Waals surface area contributed by atoms with Gasteiger partial charge in [0.15, 0.2) is 11.5 Å². The van der Waals surface area contributed by atoms with Crippen LogP contribution in [-0.4, -0.2) is 20.7 Å². The van der Waals surface area contributed by atoms with Gasteiger partial charge in [0.25, 0.3) is 0 Å². The molecule has 0 bridgehead atoms. The fourth-order valence-electron chi connectivity index (χ4n) is 1.78. The SMILES string of the molecule is O=C(/C=C/c1ccccc1)c1nc2ncccc2[nH]1. The number of hydrogen-bond donors (Lipinski definition) is 1. The minimum Gasteiger partial charge on any atom is -0.334 e. The molecule has 1 N–H and O–H groups in total. The van der Waals surface area contributed by atoms with E-state index in [2.05, 4.69) is 15.0 Å². The van der Waals surface area contributed by atoms with Crippen LogP contribution in [0.15, 0.2) is 54.7 Å². The number of nitrogens with zero attached hydrogens (tertiary/aromatic N) is 2. The fourth-order valence-corrected chi connectivity index (χ4v) is 1.78. The first-order valence-electron chi connectivity index (χ1n) is 5.91. The van der Waals surface area contributed by atoms with Gasteiger partial charge in [-0.1, -0.05) is 36.4 Å². The van der Waals surface area contributed by atoms with Crippen LogP contribution in [0.5, 0.6) is 0 Å². The van der Waals surface area contributed by atoms with Gasteiger partial charge in [-0.2, -0.15) is 0 Å². The molecule has 0 spiro atoms. The predicted octanol–water partition coefficient (Wildman–Crippen LogP) is 2.85. The van der Waals surface area contributed by atoms with Crippen LogP contribution >= 0.6 is 0 Å². The van der Waals surface area contributed by atoms with Crippen LogP contribution in [-0.2, 0) is 0 Å². The van der Waals surface area contributed by atoms with Crippen LogP contribution in [0.2, 0.25) is 0 Å². The highest BCUT2D eigenvalue weighted by atomic mass is 16.1. The highest BCUT2D eigenvalue weighted by Crippen LogP contribution is 2.09. The lowest BCUT2D eigenvalue weighted by Gasteiger charge is -1.90. The molecule has 0 radical (unpaired) electrons. The summed E-state index contributed by atoms with van der Waals surface area (Å²) in [5.74, 6) is 0.141. The molecule has 0 fully saturated rings. The second-order valence-electron chi connectivity index (χ2n) is 4.07. The molecule has 0 amide bonds. The van der Waals surface area contributed by atoms with Crippen molar-refractivity contribution in [3.8, 4) is 0 Å². The number of aromatic amines is 1. The first-order valence-corrected chi connectivity index (χ1v) is 5.91. The largest absolute Gasteiger partial charge is 0.334 e. The minimum absolute atomic E-state index is 0.165. The zero-order valence-corrected chi connectivity index (χ0v) is 10.1. The Kier molecular flexibility index (Phi) is 2.90. The van der Waals surface area contributed by atoms with Crippen LogP contribution < -0.4 is 0 Å². The molecule has 2 aromatic heterocycles. The van der Waals surface area contributed by atoms with Crippen molar-refractivity contribution in [2.75, 3.05) is 0 Å². The Morgan fingerprint density at radius 1 is 1.11 bits per heavy atom. The monoisotopic (exact) mass is 249 g/mol. The van der Waals surface area contributed by atoms with E-state index < -0.39 is 0 Å². The Labute approximate surface area is 109 Å². The third kappa shape index (κ3) is 2.42. The summed E-state index contributed by atoms with van der Waals surface area (Å²) < 4.78 is 0. The molecule has 3 rings (SSSR count). The molecule has 92 valence electrons. The lowest BCUT2D eigenvalue weighted by Crippen LogP contribution is -1.96. The van der Waals surface area contributed by atoms with Crippen molar-refractivity contribution in [2.24, 2.45) is 0 Å². The number of hydrogen-bond acceptors (Lipinski definition) is 3. The van der Waals surface area contributed by atoms with E-state index in [1.165, 1.54) is 6.08 Å². The van der Waals surface area contributed by atoms with Gasteiger partial charge in [-0.15, -0.1) is 0 Å². The molecule has 0 aliphatic rings. The smallest absolute Gasteiger partial charge is 0.221 e. The van der Waals surface area contributed by atoms with Gasteiger partial charge in [-0.3, -0.25) is 4.79 Å². The quantitative estimate of drug-likeness (QED) is 0.573. The van der Waals surface area contributed by atoms with Crippen LogP contribution in [0, 0.1) is 0 Å². The molecule has 4 heteroatoms. The molecule has 0 saturated carbocycles. The normalized spacial score (nSPS) is 11.2. The number of nitrogens with one attached hydrogen (secondary N) is 1. The molecule has 0 atom stereocenters. The Bertz CT molecular complexity index is 711. The number of fused-ring (bicyclic) bond motifs is 1. The Morgan fingerprint density at radius 2 is 1.95 bits per heavy atom. The number of allylic oxidation sites excluding steroid dienone is 1. The summed E-state index contributed by atoms with van der Waals surface area (Å²) in [6, 6.07) is 13.3. The summed E-state index contributed by atoms with van der Waals surface area (Å²) in [4.78, 5) is 23.2. The number of ketones is 1. The highest BCUT2D eigenvalue weighted by Gasteiger charge is 2.08. The van der Waals surface area contributed by atoms with E-state index in [0.29, 0.717) is 11.5 Å². The van der Waals surface area contributed by atoms with Crippen molar-refractivity contribution < 1.29 is 4.79 Å². The average molecular weight is 249 g/mol. The predicted molar refractivity (Wildman–Crippen MR) is 73.7 cm³/mol. The van der Waals surface area contributed by atoms with Crippen molar-refractivity contribution in [3.63, 3.8) is 0 Å². The maximum absolute atomic E-state index is 12.0. The summed E-state index contributed by atoms with van der Waals surface area (Å²) in [5.41, 5.74) is 2.29. The minimum atomic E-state index is -0.165. The van der Waals surface area contributed by atoms with E-state index >= 15 is 0 Å². The maximum Gasteiger partial charge on any atom is 0.221 e. The van der Waals surface area contributed by atoms with Gasteiger partial charge in [0.1, 0.15) is 0 Å². The number of carbonyl (C=O) groups excluding carboxylic acids is 1. The number of aromatic nitrogens is 3. The van der Waals surface area contributed by atoms with Gasteiger partial charge in [0.2, 0.25) is 5.78 Å². The second kappa shape index (κ2) is 4.86. The third-order valence-electron chi connectivity index (χ3n) is 2.72. The average Bonchev–Trinajstić information content (AvgIpc) is 2.90. The second-order valence-corrected chi connectivity index (χ2v) is 4.07. The first-order chi connectivity index (χ1) is 9.33. The van der Waals surface area contributed by atoms with Crippen molar-refractivity contribution >= 4 is 23.0 Å². The van der Waals surface area contributed by atoms with Gasteiger partial charge < -0.3 is 4.98 Å². The van der Waals surface area contributed by atoms with E-state index in [4.69, 9.17) is 0 Å². The number of H-pyrrole nitrogens is 1. The van der Waals surface area contributed by atoms with Crippen molar-refractivity contribution in [1.82, 2.24) is 15.0 Å². The van der Waals surface area contributed by atoms with Gasteiger partial charge in [-0.05, 0) is 23.8 Å². The van der Waals surface area contributed by atoms with Crippen molar-refractivity contribution in [1.29, 1.82) is 0 Å². The highest BCUT2D eigenvalue weighted by molar-refractivity contribution is 6.05. The standard InChI is InChI=1S/C15H11N3O/c19-13(9-8-11-5-2-1-3-6-11)15-17-12-7-4-10-16-14(12)18-15/h1-10H,(H,16,17,18)/b9-8+. The van der Waals surface area contributed by atoms with Crippen LogP contribution in [0.1, 0.15) is 16.2 Å². The van der Waals surface area contributed by atoms with Gasteiger partial charge in [-0.25, -0.2) is 9.97 Å². The molecular weight excluding hydrogens is 238 g/mol. The summed E-state index contributed by atoms with van der Waals surface area (Å²) in [6.07, 6.45) is 4.92. The molecule has 0 aliphatic carbocycles. The van der Waals surface area contributed by atoms with E-state index in [9.17, 15) is 4.79 Å². The Morgan fingerprint density at radius 3 is 2.74 bits per heavy atom.